The van der Waals surface area contributed by atoms with E-state index in [1.54, 1.807) is 16.7 Å². The first kappa shape index (κ1) is 24.6. The highest BCUT2D eigenvalue weighted by atomic mass is 32.2. The van der Waals surface area contributed by atoms with Crippen LogP contribution in [0.4, 0.5) is 0 Å². The fraction of sp³-hybridized carbons (Fsp3) is 0.286. The van der Waals surface area contributed by atoms with E-state index in [0.717, 1.165) is 22.4 Å². The summed E-state index contributed by atoms with van der Waals surface area (Å²) in [4.78, 5) is 28.4. The molecule has 3 aromatic carbocycles. The number of hydrogen-bond acceptors (Lipinski definition) is 3. The van der Waals surface area contributed by atoms with E-state index in [4.69, 9.17) is 0 Å². The smallest absolute Gasteiger partial charge is 0.243 e. The fourth-order valence-electron chi connectivity index (χ4n) is 3.73. The summed E-state index contributed by atoms with van der Waals surface area (Å²) in [6, 6.07) is 27.5. The predicted molar refractivity (Wildman–Crippen MR) is 137 cm³/mol. The van der Waals surface area contributed by atoms with Crippen LogP contribution in [-0.4, -0.2) is 35.1 Å². The lowest BCUT2D eigenvalue weighted by molar-refractivity contribution is -0.139. The zero-order chi connectivity index (χ0) is 23.5. The Kier molecular flexibility index (Phi) is 9.58. The summed E-state index contributed by atoms with van der Waals surface area (Å²) in [5, 5.41) is 2.94. The quantitative estimate of drug-likeness (QED) is 0.438. The molecule has 5 heteroatoms. The largest absolute Gasteiger partial charge is 0.355 e. The normalized spacial score (nSPS) is 11.6. The Labute approximate surface area is 201 Å². The van der Waals surface area contributed by atoms with Crippen molar-refractivity contribution < 1.29 is 9.59 Å². The summed E-state index contributed by atoms with van der Waals surface area (Å²) in [5.41, 5.74) is 4.39. The van der Waals surface area contributed by atoms with E-state index in [2.05, 4.69) is 17.4 Å². The van der Waals surface area contributed by atoms with Crippen LogP contribution in [0.25, 0.3) is 0 Å². The van der Waals surface area contributed by atoms with E-state index >= 15 is 0 Å². The van der Waals surface area contributed by atoms with Crippen LogP contribution in [0.15, 0.2) is 84.9 Å². The first-order chi connectivity index (χ1) is 16.1. The van der Waals surface area contributed by atoms with Crippen LogP contribution >= 0.6 is 11.8 Å². The molecular formula is C28H32N2O2S. The van der Waals surface area contributed by atoms with E-state index in [1.165, 1.54) is 5.56 Å². The van der Waals surface area contributed by atoms with Gasteiger partial charge in [0, 0.05) is 25.3 Å². The van der Waals surface area contributed by atoms with Crippen molar-refractivity contribution >= 4 is 23.6 Å². The first-order valence-electron chi connectivity index (χ1n) is 11.4. The summed E-state index contributed by atoms with van der Waals surface area (Å²) in [7, 11) is 0. The molecule has 0 aliphatic carbocycles. The molecule has 33 heavy (non-hydrogen) atoms. The van der Waals surface area contributed by atoms with Crippen molar-refractivity contribution in [3.05, 3.63) is 107 Å². The zero-order valence-electron chi connectivity index (χ0n) is 19.4. The summed E-state index contributed by atoms with van der Waals surface area (Å²) < 4.78 is 0. The Hall–Kier alpha value is -3.05. The second-order valence-electron chi connectivity index (χ2n) is 8.03. The Morgan fingerprint density at radius 3 is 2.12 bits per heavy atom. The molecule has 2 amide bonds. The average Bonchev–Trinajstić information content (AvgIpc) is 2.84. The lowest BCUT2D eigenvalue weighted by atomic mass is 10.0. The third kappa shape index (κ3) is 7.50. The van der Waals surface area contributed by atoms with E-state index in [0.29, 0.717) is 25.3 Å². The van der Waals surface area contributed by atoms with Crippen LogP contribution in [0.2, 0.25) is 0 Å². The second-order valence-corrected chi connectivity index (χ2v) is 9.01. The third-order valence-electron chi connectivity index (χ3n) is 5.56. The summed E-state index contributed by atoms with van der Waals surface area (Å²) in [5.74, 6) is 0.948. The van der Waals surface area contributed by atoms with Gasteiger partial charge in [0.15, 0.2) is 0 Å². The molecular weight excluding hydrogens is 428 g/mol. The SMILES string of the molecule is CCNC(=O)C(Cc1ccccc1)N(Cc1ccccc1C)C(=O)CSCc1ccccc1. The lowest BCUT2D eigenvalue weighted by Crippen LogP contribution is -2.51. The van der Waals surface area contributed by atoms with Gasteiger partial charge in [0.1, 0.15) is 6.04 Å². The molecule has 4 nitrogen and oxygen atoms in total. The topological polar surface area (TPSA) is 49.4 Å². The number of carbonyl (C=O) groups is 2. The van der Waals surface area contributed by atoms with Crippen molar-refractivity contribution in [1.82, 2.24) is 10.2 Å². The molecule has 0 aromatic heterocycles. The highest BCUT2D eigenvalue weighted by Gasteiger charge is 2.30. The maximum Gasteiger partial charge on any atom is 0.243 e. The predicted octanol–water partition coefficient (Wildman–Crippen LogP) is 5.00. The van der Waals surface area contributed by atoms with Crippen LogP contribution in [0, 0.1) is 6.92 Å². The molecule has 0 bridgehead atoms. The van der Waals surface area contributed by atoms with Gasteiger partial charge in [0.2, 0.25) is 11.8 Å². The number of thioether (sulfide) groups is 1. The van der Waals surface area contributed by atoms with Crippen molar-refractivity contribution in [3.8, 4) is 0 Å². The third-order valence-corrected chi connectivity index (χ3v) is 6.55. The van der Waals surface area contributed by atoms with Crippen LogP contribution in [0.5, 0.6) is 0 Å². The number of nitrogens with zero attached hydrogens (tertiary/aromatic N) is 1. The van der Waals surface area contributed by atoms with Crippen LogP contribution < -0.4 is 5.32 Å². The van der Waals surface area contributed by atoms with Crippen LogP contribution in [0.3, 0.4) is 0 Å². The molecule has 0 heterocycles. The van der Waals surface area contributed by atoms with Gasteiger partial charge in [-0.1, -0.05) is 84.9 Å². The van der Waals surface area contributed by atoms with E-state index in [9.17, 15) is 9.59 Å². The number of rotatable bonds is 11. The summed E-state index contributed by atoms with van der Waals surface area (Å²) >= 11 is 1.58. The molecule has 0 radical (unpaired) electrons. The molecule has 0 spiro atoms. The van der Waals surface area contributed by atoms with Gasteiger partial charge in [0.25, 0.3) is 0 Å². The van der Waals surface area contributed by atoms with Crippen LogP contribution in [0.1, 0.15) is 29.2 Å². The number of benzene rings is 3. The molecule has 172 valence electrons. The van der Waals surface area contributed by atoms with E-state index in [-0.39, 0.29) is 11.8 Å². The van der Waals surface area contributed by atoms with Crippen LogP contribution in [-0.2, 0) is 28.3 Å². The molecule has 1 atom stereocenters. The molecule has 3 rings (SSSR count). The second kappa shape index (κ2) is 12.9. The molecule has 0 aliphatic rings. The number of aryl methyl sites for hydroxylation is 1. The first-order valence-corrected chi connectivity index (χ1v) is 12.5. The lowest BCUT2D eigenvalue weighted by Gasteiger charge is -2.32. The maximum absolute atomic E-state index is 13.5. The van der Waals surface area contributed by atoms with Gasteiger partial charge in [-0.3, -0.25) is 9.59 Å². The van der Waals surface area contributed by atoms with Gasteiger partial charge in [0.05, 0.1) is 5.75 Å². The van der Waals surface area contributed by atoms with Gasteiger partial charge < -0.3 is 10.2 Å². The number of nitrogens with one attached hydrogen (secondary N) is 1. The van der Waals surface area contributed by atoms with Crippen molar-refractivity contribution in [1.29, 1.82) is 0 Å². The van der Waals surface area contributed by atoms with Crippen molar-refractivity contribution in [2.75, 3.05) is 12.3 Å². The molecule has 0 fully saturated rings. The van der Waals surface area contributed by atoms with Gasteiger partial charge in [-0.05, 0) is 36.1 Å². The standard InChI is InChI=1S/C28H32N2O2S/c1-3-29-28(32)26(18-23-13-6-4-7-14-23)30(19-25-17-11-10-12-22(25)2)27(31)21-33-20-24-15-8-5-9-16-24/h4-17,26H,3,18-21H2,1-2H3,(H,29,32). The minimum Gasteiger partial charge on any atom is -0.355 e. The van der Waals surface area contributed by atoms with E-state index in [1.807, 2.05) is 86.6 Å². The Bertz CT molecular complexity index is 1020. The number of amides is 2. The Balaban J connectivity index is 1.84. The van der Waals surface area contributed by atoms with E-state index < -0.39 is 6.04 Å². The average molecular weight is 461 g/mol. The van der Waals surface area contributed by atoms with Crippen molar-refractivity contribution in [2.24, 2.45) is 0 Å². The fourth-order valence-corrected chi connectivity index (χ4v) is 4.60. The maximum atomic E-state index is 13.5. The van der Waals surface area contributed by atoms with Crippen molar-refractivity contribution in [2.45, 2.75) is 38.6 Å². The number of carbonyl (C=O) groups excluding carboxylic acids is 2. The Morgan fingerprint density at radius 2 is 1.48 bits per heavy atom. The highest BCUT2D eigenvalue weighted by molar-refractivity contribution is 7.99. The highest BCUT2D eigenvalue weighted by Crippen LogP contribution is 2.19. The van der Waals surface area contributed by atoms with Gasteiger partial charge in [-0.15, -0.1) is 11.8 Å². The number of likely N-dealkylation sites (N-methyl/N-ethyl adjacent to an activating group) is 1. The summed E-state index contributed by atoms with van der Waals surface area (Å²) in [6.45, 7) is 4.88. The molecule has 0 saturated heterocycles. The van der Waals surface area contributed by atoms with Gasteiger partial charge in [-0.25, -0.2) is 0 Å². The summed E-state index contributed by atoms with van der Waals surface area (Å²) in [6.07, 6.45) is 0.480. The van der Waals surface area contributed by atoms with Gasteiger partial charge >= 0.3 is 0 Å². The molecule has 1 unspecified atom stereocenters. The molecule has 0 aliphatic heterocycles. The molecule has 0 saturated carbocycles. The minimum atomic E-state index is -0.572. The van der Waals surface area contributed by atoms with Crippen molar-refractivity contribution in [3.63, 3.8) is 0 Å². The minimum absolute atomic E-state index is 0.0219. The Morgan fingerprint density at radius 1 is 0.879 bits per heavy atom. The molecule has 3 aromatic rings. The van der Waals surface area contributed by atoms with Gasteiger partial charge in [-0.2, -0.15) is 0 Å². The zero-order valence-corrected chi connectivity index (χ0v) is 20.2. The number of hydrogen-bond donors (Lipinski definition) is 1. The monoisotopic (exact) mass is 460 g/mol. The molecule has 1 N–H and O–H groups in total.